The summed E-state index contributed by atoms with van der Waals surface area (Å²) >= 11 is 0. The Morgan fingerprint density at radius 2 is 1.80 bits per heavy atom. The highest BCUT2D eigenvalue weighted by atomic mass is 16.5. The molecule has 1 heterocycles. The average Bonchev–Trinajstić information content (AvgIpc) is 3.10. The molecule has 0 N–H and O–H groups in total. The normalized spacial score (nSPS) is 14.4. The lowest BCUT2D eigenvalue weighted by atomic mass is 10.1. The molecule has 3 heteroatoms. The quantitative estimate of drug-likeness (QED) is 0.700. The topological polar surface area (TPSA) is 29.5 Å². The van der Waals surface area contributed by atoms with Gasteiger partial charge >= 0.3 is 0 Å². The fourth-order valence-corrected chi connectivity index (χ4v) is 3.50. The molecule has 3 aromatic rings. The van der Waals surface area contributed by atoms with E-state index in [1.165, 1.54) is 5.56 Å². The second-order valence-electron chi connectivity index (χ2n) is 6.36. The van der Waals surface area contributed by atoms with Crippen LogP contribution in [0.25, 0.3) is 10.8 Å². The molecule has 1 aliphatic heterocycles. The van der Waals surface area contributed by atoms with Crippen molar-refractivity contribution >= 4 is 22.4 Å². The number of amides is 1. The maximum absolute atomic E-state index is 13.1. The SMILES string of the molecule is CC[C@H](Oc1cccc2ccccc12)C(=O)N1CCc2ccccc21. The lowest BCUT2D eigenvalue weighted by molar-refractivity contribution is -0.125. The number of nitrogens with zero attached hydrogens (tertiary/aromatic N) is 1. The van der Waals surface area contributed by atoms with Gasteiger partial charge in [0.15, 0.2) is 6.10 Å². The minimum Gasteiger partial charge on any atom is -0.480 e. The summed E-state index contributed by atoms with van der Waals surface area (Å²) in [6.45, 7) is 2.73. The largest absolute Gasteiger partial charge is 0.480 e. The van der Waals surface area contributed by atoms with E-state index in [4.69, 9.17) is 4.74 Å². The van der Waals surface area contributed by atoms with Gasteiger partial charge in [-0.1, -0.05) is 61.5 Å². The summed E-state index contributed by atoms with van der Waals surface area (Å²) in [5.41, 5.74) is 2.25. The van der Waals surface area contributed by atoms with Crippen LogP contribution in [0.3, 0.4) is 0 Å². The maximum atomic E-state index is 13.1. The van der Waals surface area contributed by atoms with Crippen molar-refractivity contribution in [2.24, 2.45) is 0 Å². The monoisotopic (exact) mass is 331 g/mol. The molecule has 1 aliphatic rings. The first-order valence-electron chi connectivity index (χ1n) is 8.81. The van der Waals surface area contributed by atoms with Crippen LogP contribution < -0.4 is 9.64 Å². The summed E-state index contributed by atoms with van der Waals surface area (Å²) < 4.78 is 6.17. The zero-order valence-corrected chi connectivity index (χ0v) is 14.3. The number of ether oxygens (including phenoxy) is 1. The number of para-hydroxylation sites is 1. The summed E-state index contributed by atoms with van der Waals surface area (Å²) in [6, 6.07) is 22.2. The van der Waals surface area contributed by atoms with E-state index in [0.29, 0.717) is 6.42 Å². The Bertz CT molecular complexity index is 913. The highest BCUT2D eigenvalue weighted by molar-refractivity contribution is 5.99. The van der Waals surface area contributed by atoms with Crippen LogP contribution in [0.15, 0.2) is 66.7 Å². The van der Waals surface area contributed by atoms with Crippen LogP contribution in [0.2, 0.25) is 0 Å². The number of hydrogen-bond acceptors (Lipinski definition) is 2. The third kappa shape index (κ3) is 2.86. The fraction of sp³-hybridized carbons (Fsp3) is 0.227. The van der Waals surface area contributed by atoms with Crippen LogP contribution >= 0.6 is 0 Å². The Labute approximate surface area is 147 Å². The second-order valence-corrected chi connectivity index (χ2v) is 6.36. The van der Waals surface area contributed by atoms with Crippen LogP contribution in [-0.2, 0) is 11.2 Å². The molecule has 0 saturated heterocycles. The van der Waals surface area contributed by atoms with Crippen molar-refractivity contribution in [1.29, 1.82) is 0 Å². The Morgan fingerprint density at radius 3 is 2.68 bits per heavy atom. The molecule has 4 rings (SSSR count). The van der Waals surface area contributed by atoms with E-state index in [1.54, 1.807) is 0 Å². The van der Waals surface area contributed by atoms with Gasteiger partial charge in [-0.3, -0.25) is 4.79 Å². The zero-order valence-electron chi connectivity index (χ0n) is 14.3. The van der Waals surface area contributed by atoms with Crippen molar-refractivity contribution in [2.75, 3.05) is 11.4 Å². The average molecular weight is 331 g/mol. The molecular formula is C22H21NO2. The van der Waals surface area contributed by atoms with E-state index in [9.17, 15) is 4.79 Å². The van der Waals surface area contributed by atoms with E-state index in [2.05, 4.69) is 18.2 Å². The Hall–Kier alpha value is -2.81. The summed E-state index contributed by atoms with van der Waals surface area (Å²) in [7, 11) is 0. The minimum atomic E-state index is -0.475. The lowest BCUT2D eigenvalue weighted by Gasteiger charge is -2.24. The molecule has 0 fully saturated rings. The van der Waals surface area contributed by atoms with E-state index in [1.807, 2.05) is 60.4 Å². The van der Waals surface area contributed by atoms with Gasteiger partial charge in [-0.2, -0.15) is 0 Å². The molecule has 0 spiro atoms. The van der Waals surface area contributed by atoms with E-state index in [0.717, 1.165) is 35.2 Å². The van der Waals surface area contributed by atoms with Crippen molar-refractivity contribution in [1.82, 2.24) is 0 Å². The van der Waals surface area contributed by atoms with Crippen molar-refractivity contribution < 1.29 is 9.53 Å². The Morgan fingerprint density at radius 1 is 1.04 bits per heavy atom. The highest BCUT2D eigenvalue weighted by Crippen LogP contribution is 2.30. The molecule has 1 amide bonds. The zero-order chi connectivity index (χ0) is 17.2. The van der Waals surface area contributed by atoms with E-state index in [-0.39, 0.29) is 5.91 Å². The smallest absolute Gasteiger partial charge is 0.268 e. The molecule has 3 nitrogen and oxygen atoms in total. The summed E-state index contributed by atoms with van der Waals surface area (Å²) in [5, 5.41) is 2.16. The second kappa shape index (κ2) is 6.60. The van der Waals surface area contributed by atoms with Crippen LogP contribution in [0.5, 0.6) is 5.75 Å². The van der Waals surface area contributed by atoms with Crippen molar-refractivity contribution in [3.8, 4) is 5.75 Å². The van der Waals surface area contributed by atoms with Crippen molar-refractivity contribution in [3.63, 3.8) is 0 Å². The van der Waals surface area contributed by atoms with Crippen LogP contribution in [0.4, 0.5) is 5.69 Å². The Balaban J connectivity index is 1.61. The lowest BCUT2D eigenvalue weighted by Crippen LogP contribution is -2.41. The van der Waals surface area contributed by atoms with Gasteiger partial charge in [0.1, 0.15) is 5.75 Å². The molecule has 0 unspecified atom stereocenters. The van der Waals surface area contributed by atoms with Gasteiger partial charge in [-0.25, -0.2) is 0 Å². The fourth-order valence-electron chi connectivity index (χ4n) is 3.50. The highest BCUT2D eigenvalue weighted by Gasteiger charge is 2.30. The molecule has 0 aliphatic carbocycles. The predicted octanol–water partition coefficient (Wildman–Crippen LogP) is 4.59. The van der Waals surface area contributed by atoms with Gasteiger partial charge in [0.05, 0.1) is 0 Å². The number of fused-ring (bicyclic) bond motifs is 2. The Kier molecular flexibility index (Phi) is 4.14. The predicted molar refractivity (Wildman–Crippen MR) is 101 cm³/mol. The third-order valence-electron chi connectivity index (χ3n) is 4.82. The molecular weight excluding hydrogens is 310 g/mol. The first-order chi connectivity index (χ1) is 12.3. The summed E-state index contributed by atoms with van der Waals surface area (Å²) in [5.74, 6) is 0.811. The number of carbonyl (C=O) groups excluding carboxylic acids is 1. The van der Waals surface area contributed by atoms with E-state index >= 15 is 0 Å². The molecule has 0 bridgehead atoms. The summed E-state index contributed by atoms with van der Waals surface area (Å²) in [6.07, 6.45) is 1.07. The number of hydrogen-bond donors (Lipinski definition) is 0. The third-order valence-corrected chi connectivity index (χ3v) is 4.82. The number of carbonyl (C=O) groups is 1. The maximum Gasteiger partial charge on any atom is 0.268 e. The van der Waals surface area contributed by atoms with Crippen LogP contribution in [0, 0.1) is 0 Å². The first kappa shape index (κ1) is 15.7. The van der Waals surface area contributed by atoms with Crippen LogP contribution in [-0.4, -0.2) is 18.6 Å². The number of rotatable bonds is 4. The van der Waals surface area contributed by atoms with Crippen molar-refractivity contribution in [3.05, 3.63) is 72.3 Å². The van der Waals surface area contributed by atoms with Gasteiger partial charge in [0.2, 0.25) is 0 Å². The molecule has 25 heavy (non-hydrogen) atoms. The van der Waals surface area contributed by atoms with Gasteiger partial charge in [0, 0.05) is 17.6 Å². The van der Waals surface area contributed by atoms with Gasteiger partial charge in [0.25, 0.3) is 5.91 Å². The minimum absolute atomic E-state index is 0.0420. The standard InChI is InChI=1S/C22H21NO2/c1-2-20(22(24)23-15-14-17-9-4-6-12-19(17)23)25-21-13-7-10-16-8-3-5-11-18(16)21/h3-13,20H,2,14-15H2,1H3/t20-/m0/s1. The molecule has 126 valence electrons. The number of benzene rings is 3. The van der Waals surface area contributed by atoms with Gasteiger partial charge in [-0.15, -0.1) is 0 Å². The first-order valence-corrected chi connectivity index (χ1v) is 8.81. The van der Waals surface area contributed by atoms with E-state index < -0.39 is 6.10 Å². The molecule has 1 atom stereocenters. The molecule has 3 aromatic carbocycles. The number of anilines is 1. The van der Waals surface area contributed by atoms with Crippen LogP contribution in [0.1, 0.15) is 18.9 Å². The van der Waals surface area contributed by atoms with Gasteiger partial charge < -0.3 is 9.64 Å². The molecule has 0 radical (unpaired) electrons. The van der Waals surface area contributed by atoms with Gasteiger partial charge in [-0.05, 0) is 35.9 Å². The molecule has 0 saturated carbocycles. The van der Waals surface area contributed by atoms with Crippen molar-refractivity contribution in [2.45, 2.75) is 25.9 Å². The summed E-state index contributed by atoms with van der Waals surface area (Å²) in [4.78, 5) is 15.0. The molecule has 0 aromatic heterocycles.